The quantitative estimate of drug-likeness (QED) is 0.401. The van der Waals surface area contributed by atoms with Gasteiger partial charge in [0.1, 0.15) is 5.75 Å². The molecule has 2 aliphatic rings. The minimum Gasteiger partial charge on any atom is -0.493 e. The Bertz CT molecular complexity index is 1320. The molecule has 2 fully saturated rings. The van der Waals surface area contributed by atoms with E-state index in [0.717, 1.165) is 35.0 Å². The largest absolute Gasteiger partial charge is 0.493 e. The Hall–Kier alpha value is -3.19. The van der Waals surface area contributed by atoms with Gasteiger partial charge in [0.15, 0.2) is 12.3 Å². The van der Waals surface area contributed by atoms with Gasteiger partial charge >= 0.3 is 5.91 Å². The third kappa shape index (κ3) is 4.64. The topological polar surface area (TPSA) is 79.4 Å². The maximum Gasteiger partial charge on any atom is 0.302 e. The van der Waals surface area contributed by atoms with Crippen LogP contribution in [0.1, 0.15) is 51.2 Å². The van der Waals surface area contributed by atoms with Crippen LogP contribution >= 0.6 is 0 Å². The van der Waals surface area contributed by atoms with Crippen LogP contribution in [0.4, 0.5) is 5.69 Å². The third-order valence-electron chi connectivity index (χ3n) is 7.77. The Morgan fingerprint density at radius 3 is 2.56 bits per heavy atom. The summed E-state index contributed by atoms with van der Waals surface area (Å²) in [6.45, 7) is 12.4. The smallest absolute Gasteiger partial charge is 0.302 e. The summed E-state index contributed by atoms with van der Waals surface area (Å²) in [4.78, 5) is 15.0. The summed E-state index contributed by atoms with van der Waals surface area (Å²) >= 11 is 0. The lowest BCUT2D eigenvalue weighted by Gasteiger charge is -2.40. The van der Waals surface area contributed by atoms with Gasteiger partial charge in [-0.05, 0) is 61.1 Å². The van der Waals surface area contributed by atoms with Gasteiger partial charge in [0.2, 0.25) is 5.88 Å². The van der Waals surface area contributed by atoms with Crippen molar-refractivity contribution in [2.75, 3.05) is 13.2 Å². The Balaban J connectivity index is 1.37. The van der Waals surface area contributed by atoms with Gasteiger partial charge < -0.3 is 9.84 Å². The average Bonchev–Trinajstić information content (AvgIpc) is 3.20. The summed E-state index contributed by atoms with van der Waals surface area (Å²) in [5.41, 5.74) is 3.75. The van der Waals surface area contributed by atoms with Crippen LogP contribution in [0, 0.1) is 24.7 Å². The van der Waals surface area contributed by atoms with Crippen molar-refractivity contribution < 1.29 is 14.6 Å². The minimum atomic E-state index is -0.502. The molecule has 1 saturated carbocycles. The average molecular weight is 489 g/mol. The summed E-state index contributed by atoms with van der Waals surface area (Å²) in [6, 6.07) is 14.1. The summed E-state index contributed by atoms with van der Waals surface area (Å²) in [5.74, 6) is 0.222. The lowest BCUT2D eigenvalue weighted by Crippen LogP contribution is -2.35. The molecule has 1 saturated heterocycles. The van der Waals surface area contributed by atoms with E-state index in [-0.39, 0.29) is 12.5 Å². The van der Waals surface area contributed by atoms with Crippen molar-refractivity contribution >= 4 is 22.5 Å². The Morgan fingerprint density at radius 1 is 1.08 bits per heavy atom. The summed E-state index contributed by atoms with van der Waals surface area (Å²) in [5, 5.41) is 20.1. The van der Waals surface area contributed by atoms with Crippen LogP contribution in [-0.2, 0) is 11.5 Å². The summed E-state index contributed by atoms with van der Waals surface area (Å²) < 4.78 is 7.62. The van der Waals surface area contributed by atoms with Gasteiger partial charge in [0, 0.05) is 18.0 Å². The van der Waals surface area contributed by atoms with E-state index in [4.69, 9.17) is 4.74 Å². The van der Waals surface area contributed by atoms with E-state index in [1.54, 1.807) is 0 Å². The van der Waals surface area contributed by atoms with Gasteiger partial charge in [0.05, 0.1) is 12.2 Å². The molecule has 190 valence electrons. The monoisotopic (exact) mass is 488 g/mol. The summed E-state index contributed by atoms with van der Waals surface area (Å²) in [7, 11) is 0. The van der Waals surface area contributed by atoms with Crippen molar-refractivity contribution in [2.24, 2.45) is 21.1 Å². The molecule has 7 heteroatoms. The first kappa shape index (κ1) is 24.5. The Labute approximate surface area is 212 Å². The molecule has 2 aromatic carbocycles. The Kier molecular flexibility index (Phi) is 6.15. The molecular formula is C29H36N4O3. The lowest BCUT2D eigenvalue weighted by molar-refractivity contribution is -0.120. The van der Waals surface area contributed by atoms with E-state index >= 15 is 0 Å². The lowest BCUT2D eigenvalue weighted by atomic mass is 9.65. The van der Waals surface area contributed by atoms with E-state index in [9.17, 15) is 9.90 Å². The highest BCUT2D eigenvalue weighted by molar-refractivity contribution is 5.95. The minimum absolute atomic E-state index is 0.0364. The fourth-order valence-electron chi connectivity index (χ4n) is 6.73. The predicted molar refractivity (Wildman–Crippen MR) is 141 cm³/mol. The van der Waals surface area contributed by atoms with E-state index in [1.165, 1.54) is 12.8 Å². The first-order valence-electron chi connectivity index (χ1n) is 12.7. The van der Waals surface area contributed by atoms with E-state index in [2.05, 4.69) is 35.9 Å². The molecule has 0 radical (unpaired) electrons. The maximum absolute atomic E-state index is 12.5. The number of aromatic hydroxyl groups is 1. The number of benzene rings is 2. The van der Waals surface area contributed by atoms with Crippen LogP contribution in [0.2, 0.25) is 0 Å². The highest BCUT2D eigenvalue weighted by atomic mass is 16.5. The highest BCUT2D eigenvalue weighted by Crippen LogP contribution is 2.53. The van der Waals surface area contributed by atoms with Crippen LogP contribution in [-0.4, -0.2) is 39.7 Å². The number of amides is 1. The molecule has 36 heavy (non-hydrogen) atoms. The SMILES string of the molecule is Cc1cccc(C)c1OCC(=O)N=Nc1c(O)n(CN2C[C@]3(C)C[C@@H]2CC(C)(C)C3)c2ccccc12. The number of ether oxygens (including phenoxy) is 1. The van der Waals surface area contributed by atoms with Crippen LogP contribution in [0.5, 0.6) is 11.6 Å². The molecule has 0 spiro atoms. The molecule has 1 N–H and O–H groups in total. The van der Waals surface area contributed by atoms with Crippen molar-refractivity contribution in [1.82, 2.24) is 9.47 Å². The molecule has 0 unspecified atom stereocenters. The van der Waals surface area contributed by atoms with Crippen molar-refractivity contribution in [1.29, 1.82) is 0 Å². The second-order valence-electron chi connectivity index (χ2n) is 11.8. The van der Waals surface area contributed by atoms with Gasteiger partial charge in [-0.3, -0.25) is 14.3 Å². The zero-order valence-corrected chi connectivity index (χ0v) is 21.9. The van der Waals surface area contributed by atoms with Gasteiger partial charge in [-0.15, -0.1) is 10.2 Å². The number of rotatable bonds is 6. The third-order valence-corrected chi connectivity index (χ3v) is 7.77. The second-order valence-corrected chi connectivity index (χ2v) is 11.8. The number of hydrogen-bond acceptors (Lipinski definition) is 5. The number of aromatic nitrogens is 1. The standard InChI is InChI=1S/C29H36N4O3/c1-19-9-8-10-20(2)26(19)36-15-24(34)30-31-25-22-11-6-7-12-23(22)33(27(25)35)18-32-17-29(5)14-21(32)13-28(3,4)16-29/h6-12,21,35H,13-18H2,1-5H3/t21-,29+/m0/s1. The molecule has 1 aliphatic heterocycles. The Morgan fingerprint density at radius 2 is 1.81 bits per heavy atom. The van der Waals surface area contributed by atoms with E-state index < -0.39 is 5.91 Å². The zero-order chi connectivity index (χ0) is 25.7. The molecule has 2 bridgehead atoms. The molecule has 5 rings (SSSR count). The van der Waals surface area contributed by atoms with Gasteiger partial charge in [0.25, 0.3) is 0 Å². The van der Waals surface area contributed by atoms with E-state index in [1.807, 2.05) is 60.9 Å². The molecule has 1 aliphatic carbocycles. The number of azo groups is 1. The molecule has 2 atom stereocenters. The van der Waals surface area contributed by atoms with Crippen molar-refractivity contribution in [3.63, 3.8) is 0 Å². The molecule has 7 nitrogen and oxygen atoms in total. The van der Waals surface area contributed by atoms with Crippen LogP contribution < -0.4 is 4.74 Å². The van der Waals surface area contributed by atoms with Gasteiger partial charge in [-0.2, -0.15) is 0 Å². The van der Waals surface area contributed by atoms with Crippen LogP contribution in [0.25, 0.3) is 10.9 Å². The molecule has 1 amide bonds. The number of carbonyl (C=O) groups is 1. The molecular weight excluding hydrogens is 452 g/mol. The zero-order valence-electron chi connectivity index (χ0n) is 21.9. The fraction of sp³-hybridized carbons (Fsp3) is 0.483. The van der Waals surface area contributed by atoms with Crippen LogP contribution in [0.15, 0.2) is 52.7 Å². The number of hydrogen-bond donors (Lipinski definition) is 1. The van der Waals surface area contributed by atoms with Crippen molar-refractivity contribution in [2.45, 2.75) is 66.6 Å². The summed E-state index contributed by atoms with van der Waals surface area (Å²) in [6.07, 6.45) is 3.57. The maximum atomic E-state index is 12.5. The number of fused-ring (bicyclic) bond motifs is 3. The molecule has 3 aromatic rings. The van der Waals surface area contributed by atoms with Crippen molar-refractivity contribution in [3.8, 4) is 11.6 Å². The number of nitrogens with zero attached hydrogens (tertiary/aromatic N) is 4. The predicted octanol–water partition coefficient (Wildman–Crippen LogP) is 6.51. The first-order valence-corrected chi connectivity index (χ1v) is 12.7. The first-order chi connectivity index (χ1) is 17.1. The number of carbonyl (C=O) groups excluding carboxylic acids is 1. The second kappa shape index (κ2) is 9.04. The number of aryl methyl sites for hydroxylation is 2. The van der Waals surface area contributed by atoms with Gasteiger partial charge in [-0.1, -0.05) is 57.2 Å². The molecule has 2 heterocycles. The number of para-hydroxylation sites is 2. The fourth-order valence-corrected chi connectivity index (χ4v) is 6.73. The highest BCUT2D eigenvalue weighted by Gasteiger charge is 2.49. The van der Waals surface area contributed by atoms with E-state index in [0.29, 0.717) is 35.0 Å². The molecule has 1 aromatic heterocycles. The number of likely N-dealkylation sites (tertiary alicyclic amines) is 1. The normalized spacial score (nSPS) is 23.5. The van der Waals surface area contributed by atoms with Gasteiger partial charge in [-0.25, -0.2) is 0 Å². The van der Waals surface area contributed by atoms with Crippen molar-refractivity contribution in [3.05, 3.63) is 53.6 Å². The van der Waals surface area contributed by atoms with Crippen LogP contribution in [0.3, 0.4) is 0 Å².